The van der Waals surface area contributed by atoms with Crippen molar-refractivity contribution in [2.45, 2.75) is 19.9 Å². The molecule has 0 fully saturated rings. The first-order chi connectivity index (χ1) is 8.70. The molecule has 0 unspecified atom stereocenters. The summed E-state index contributed by atoms with van der Waals surface area (Å²) in [5.74, 6) is -1.13. The van der Waals surface area contributed by atoms with Gasteiger partial charge in [-0.3, -0.25) is 0 Å². The van der Waals surface area contributed by atoms with Crippen LogP contribution in [0.5, 0.6) is 0 Å². The van der Waals surface area contributed by atoms with Crippen LogP contribution in [0, 0.1) is 11.6 Å². The van der Waals surface area contributed by atoms with Crippen LogP contribution in [0.4, 0.5) is 8.78 Å². The molecule has 5 heteroatoms. The van der Waals surface area contributed by atoms with E-state index in [0.717, 1.165) is 19.0 Å². The molecule has 0 aliphatic rings. The monoisotopic (exact) mass is 252 g/mol. The Labute approximate surface area is 104 Å². The van der Waals surface area contributed by atoms with E-state index in [-0.39, 0.29) is 11.5 Å². The maximum atomic E-state index is 13.5. The maximum Gasteiger partial charge on any atom is 0.229 e. The smallest absolute Gasteiger partial charge is 0.229 e. The average molecular weight is 252 g/mol. The first-order valence-electron chi connectivity index (χ1n) is 5.81. The van der Waals surface area contributed by atoms with Crippen LogP contribution >= 0.6 is 0 Å². The molecule has 2 rings (SSSR count). The van der Waals surface area contributed by atoms with Crippen LogP contribution in [-0.4, -0.2) is 11.5 Å². The summed E-state index contributed by atoms with van der Waals surface area (Å²) in [5, 5.41) is 3.16. The van der Waals surface area contributed by atoms with Crippen molar-refractivity contribution in [3.63, 3.8) is 0 Å². The van der Waals surface area contributed by atoms with E-state index in [9.17, 15) is 8.78 Å². The lowest BCUT2D eigenvalue weighted by Gasteiger charge is -1.98. The summed E-state index contributed by atoms with van der Waals surface area (Å²) in [6.07, 6.45) is 2.50. The summed E-state index contributed by atoms with van der Waals surface area (Å²) in [7, 11) is 0. The van der Waals surface area contributed by atoms with Gasteiger partial charge in [0.15, 0.2) is 0 Å². The zero-order valence-electron chi connectivity index (χ0n) is 10.0. The molecule has 96 valence electrons. The number of halogens is 2. The number of nitrogens with one attached hydrogen (secondary N) is 1. The Morgan fingerprint density at radius 3 is 2.89 bits per heavy atom. The molecule has 1 aromatic heterocycles. The topological polar surface area (TPSA) is 38.1 Å². The molecule has 2 aromatic rings. The normalized spacial score (nSPS) is 10.8. The zero-order chi connectivity index (χ0) is 13.0. The van der Waals surface area contributed by atoms with Crippen molar-refractivity contribution in [2.24, 2.45) is 0 Å². The van der Waals surface area contributed by atoms with Crippen molar-refractivity contribution in [2.75, 3.05) is 6.54 Å². The first kappa shape index (κ1) is 12.7. The highest BCUT2D eigenvalue weighted by Crippen LogP contribution is 2.22. The molecule has 0 spiro atoms. The van der Waals surface area contributed by atoms with Gasteiger partial charge in [-0.25, -0.2) is 13.8 Å². The molecule has 3 nitrogen and oxygen atoms in total. The van der Waals surface area contributed by atoms with Gasteiger partial charge in [0.25, 0.3) is 0 Å². The van der Waals surface area contributed by atoms with Gasteiger partial charge in [-0.15, -0.1) is 0 Å². The highest BCUT2D eigenvalue weighted by Gasteiger charge is 2.12. The predicted octanol–water partition coefficient (Wildman–Crippen LogP) is 3.12. The summed E-state index contributed by atoms with van der Waals surface area (Å²) in [5.41, 5.74) is 0.861. The molecule has 0 saturated carbocycles. The Kier molecular flexibility index (Phi) is 4.04. The van der Waals surface area contributed by atoms with Crippen molar-refractivity contribution in [3.05, 3.63) is 41.8 Å². The summed E-state index contributed by atoms with van der Waals surface area (Å²) >= 11 is 0. The van der Waals surface area contributed by atoms with Gasteiger partial charge in [0.05, 0.1) is 11.3 Å². The van der Waals surface area contributed by atoms with Gasteiger partial charge in [0, 0.05) is 12.6 Å². The standard InChI is InChI=1S/C13H14F2N2O/c1-2-5-16-7-10-8-18-13(17-10)11-4-3-9(14)6-12(11)15/h3-4,6,8,16H,2,5,7H2,1H3. The van der Waals surface area contributed by atoms with Gasteiger partial charge < -0.3 is 9.73 Å². The molecular weight excluding hydrogens is 238 g/mol. The lowest BCUT2D eigenvalue weighted by molar-refractivity contribution is 0.552. The van der Waals surface area contributed by atoms with Gasteiger partial charge in [-0.2, -0.15) is 0 Å². The van der Waals surface area contributed by atoms with Crippen LogP contribution < -0.4 is 5.32 Å². The minimum Gasteiger partial charge on any atom is -0.444 e. The molecule has 1 aromatic carbocycles. The third kappa shape index (κ3) is 2.92. The highest BCUT2D eigenvalue weighted by molar-refractivity contribution is 5.54. The molecule has 0 saturated heterocycles. The molecule has 0 aliphatic carbocycles. The minimum absolute atomic E-state index is 0.165. The van der Waals surface area contributed by atoms with Crippen molar-refractivity contribution < 1.29 is 13.2 Å². The lowest BCUT2D eigenvalue weighted by Crippen LogP contribution is -2.13. The Hall–Kier alpha value is -1.75. The van der Waals surface area contributed by atoms with E-state index in [1.807, 2.05) is 0 Å². The molecule has 1 N–H and O–H groups in total. The molecular formula is C13H14F2N2O. The van der Waals surface area contributed by atoms with Gasteiger partial charge in [-0.05, 0) is 25.1 Å². The quantitative estimate of drug-likeness (QED) is 0.831. The van der Waals surface area contributed by atoms with E-state index in [1.165, 1.54) is 18.4 Å². The molecule has 0 bridgehead atoms. The number of aromatic nitrogens is 1. The van der Waals surface area contributed by atoms with Crippen molar-refractivity contribution >= 4 is 0 Å². The summed E-state index contributed by atoms with van der Waals surface area (Å²) < 4.78 is 31.5. The van der Waals surface area contributed by atoms with E-state index in [4.69, 9.17) is 4.42 Å². The lowest BCUT2D eigenvalue weighted by atomic mass is 10.2. The Balaban J connectivity index is 2.13. The van der Waals surface area contributed by atoms with Crippen LogP contribution in [0.2, 0.25) is 0 Å². The summed E-state index contributed by atoms with van der Waals surface area (Å²) in [4.78, 5) is 4.15. The number of benzene rings is 1. The maximum absolute atomic E-state index is 13.5. The third-order valence-electron chi connectivity index (χ3n) is 2.45. The van der Waals surface area contributed by atoms with E-state index >= 15 is 0 Å². The molecule has 0 radical (unpaired) electrons. The Morgan fingerprint density at radius 2 is 2.17 bits per heavy atom. The number of oxazole rings is 1. The summed E-state index contributed by atoms with van der Waals surface area (Å²) in [6.45, 7) is 3.52. The van der Waals surface area contributed by atoms with Crippen LogP contribution in [-0.2, 0) is 6.54 Å². The number of hydrogen-bond acceptors (Lipinski definition) is 3. The number of hydrogen-bond donors (Lipinski definition) is 1. The minimum atomic E-state index is -0.676. The highest BCUT2D eigenvalue weighted by atomic mass is 19.1. The fourth-order valence-corrected chi connectivity index (χ4v) is 1.57. The predicted molar refractivity (Wildman–Crippen MR) is 63.9 cm³/mol. The van der Waals surface area contributed by atoms with E-state index in [0.29, 0.717) is 12.2 Å². The van der Waals surface area contributed by atoms with Crippen LogP contribution in [0.15, 0.2) is 28.9 Å². The molecule has 0 amide bonds. The average Bonchev–Trinajstić information content (AvgIpc) is 2.78. The van der Waals surface area contributed by atoms with Gasteiger partial charge in [0.1, 0.15) is 17.9 Å². The van der Waals surface area contributed by atoms with Crippen molar-refractivity contribution in [3.8, 4) is 11.5 Å². The number of nitrogens with zero attached hydrogens (tertiary/aromatic N) is 1. The third-order valence-corrected chi connectivity index (χ3v) is 2.45. The van der Waals surface area contributed by atoms with Gasteiger partial charge >= 0.3 is 0 Å². The number of rotatable bonds is 5. The van der Waals surface area contributed by atoms with E-state index in [1.54, 1.807) is 0 Å². The fourth-order valence-electron chi connectivity index (χ4n) is 1.57. The second-order valence-electron chi connectivity index (χ2n) is 3.94. The van der Waals surface area contributed by atoms with Gasteiger partial charge in [0.2, 0.25) is 5.89 Å². The molecule has 0 atom stereocenters. The fraction of sp³-hybridized carbons (Fsp3) is 0.308. The second-order valence-corrected chi connectivity index (χ2v) is 3.94. The Bertz CT molecular complexity index is 525. The van der Waals surface area contributed by atoms with Crippen molar-refractivity contribution in [1.82, 2.24) is 10.3 Å². The van der Waals surface area contributed by atoms with Crippen LogP contribution in [0.3, 0.4) is 0 Å². The molecule has 18 heavy (non-hydrogen) atoms. The van der Waals surface area contributed by atoms with E-state index < -0.39 is 11.6 Å². The second kappa shape index (κ2) is 5.73. The SMILES string of the molecule is CCCNCc1coc(-c2ccc(F)cc2F)n1. The molecule has 1 heterocycles. The van der Waals surface area contributed by atoms with Crippen molar-refractivity contribution in [1.29, 1.82) is 0 Å². The summed E-state index contributed by atoms with van der Waals surface area (Å²) in [6, 6.07) is 3.31. The van der Waals surface area contributed by atoms with E-state index in [2.05, 4.69) is 17.2 Å². The zero-order valence-corrected chi connectivity index (χ0v) is 10.0. The first-order valence-corrected chi connectivity index (χ1v) is 5.81. The largest absolute Gasteiger partial charge is 0.444 e. The van der Waals surface area contributed by atoms with Crippen LogP contribution in [0.25, 0.3) is 11.5 Å². The Morgan fingerprint density at radius 1 is 1.33 bits per heavy atom. The van der Waals surface area contributed by atoms with Crippen LogP contribution in [0.1, 0.15) is 19.0 Å². The van der Waals surface area contributed by atoms with Gasteiger partial charge in [-0.1, -0.05) is 6.92 Å². The molecule has 0 aliphatic heterocycles.